The molecule has 4 aromatic heterocycles. The molecule has 0 bridgehead atoms. The number of aliphatic hydroxyl groups is 8. The Morgan fingerprint density at radius 2 is 1.45 bits per heavy atom. The van der Waals surface area contributed by atoms with E-state index in [1.54, 1.807) is 10.8 Å². The highest BCUT2D eigenvalue weighted by Crippen LogP contribution is 2.35. The molecule has 0 spiro atoms. The fourth-order valence-corrected chi connectivity index (χ4v) is 13.0. The highest BCUT2D eigenvalue weighted by molar-refractivity contribution is 7.96. The third-order valence-corrected chi connectivity index (χ3v) is 19.1. The summed E-state index contributed by atoms with van der Waals surface area (Å²) in [5, 5.41) is 108. The van der Waals surface area contributed by atoms with Crippen LogP contribution in [0.3, 0.4) is 0 Å². The number of amides is 9. The number of nitrogens with one attached hydrogen (secondary N) is 7. The van der Waals surface area contributed by atoms with Crippen LogP contribution >= 0.6 is 22.7 Å². The number of carbonyl (C=O) groups is 9. The molecule has 6 rings (SSSR count). The van der Waals surface area contributed by atoms with E-state index in [0.29, 0.717) is 34.4 Å². The van der Waals surface area contributed by atoms with Gasteiger partial charge in [-0.15, -0.1) is 22.7 Å². The molecule has 2 aliphatic rings. The number of carbonyl (C=O) groups excluding carboxylic acids is 9. The van der Waals surface area contributed by atoms with Gasteiger partial charge in [-0.25, -0.2) is 29.7 Å². The maximum absolute atomic E-state index is 15.2. The van der Waals surface area contributed by atoms with Crippen LogP contribution in [0.15, 0.2) is 23.3 Å². The Bertz CT molecular complexity index is 3410. The topological polar surface area (TPSA) is 670 Å². The van der Waals surface area contributed by atoms with Gasteiger partial charge in [0.1, 0.15) is 100 Å². The molecule has 43 heteroatoms. The standard InChI is InChI=1S/C56H84N18O22S3/c1-20-34(71-47(74-45(20)60)25(11-31(58)78)66-12-24(57)46(61)85)51(89)73-36(42(26-13-63-19-67-26)94-55-44(40(83)38(81)29(14-75)93-55)95-54-41(84)43(96-56(62)91)39(82)30(15-76)92-54)52(90)68-22(3)37(80)21(2)48(86)72-35(23(4)77)50(88)65-9-7-33-69-28(17-97-33)53-70-27(16-98-53)49(87)64-8-6-10-99(5)18-32(59)79/h13,16-17,19,21-25,29-30,35-44,54-55,66,75-77,80-84H,6-12,14-15,18,57H2,1-5H3,(H15-,58,59,60,61,62,63,64,65,67,68,71,72,73,74,78,79,85,86,87,88,89,90,91)/p+1/t21?,22?,23?,24?,25?,29-,30+,35?,36?,37?,38+,39-,40-,41-,42?,43+,44+,54-,55+,99?/m1/s1. The zero-order valence-corrected chi connectivity index (χ0v) is 56.5. The minimum absolute atomic E-state index is 0.0311. The largest absolute Gasteiger partial charge is 0.441 e. The lowest BCUT2D eigenvalue weighted by Gasteiger charge is -2.47. The van der Waals surface area contributed by atoms with Gasteiger partial charge >= 0.3 is 6.09 Å². The Hall–Kier alpha value is -7.83. The summed E-state index contributed by atoms with van der Waals surface area (Å²) in [5.74, 6) is -8.24. The van der Waals surface area contributed by atoms with E-state index < -0.39 is 183 Å². The van der Waals surface area contributed by atoms with E-state index >= 15 is 4.79 Å². The van der Waals surface area contributed by atoms with Crippen LogP contribution < -0.4 is 66.3 Å². The number of rotatable bonds is 37. The van der Waals surface area contributed by atoms with Gasteiger partial charge in [-0.3, -0.25) is 38.4 Å². The number of anilines is 1. The van der Waals surface area contributed by atoms with E-state index in [0.717, 1.165) is 12.5 Å². The molecule has 0 saturated carbocycles. The maximum Gasteiger partial charge on any atom is 0.404 e. The first-order valence-electron chi connectivity index (χ1n) is 30.6. The summed E-state index contributed by atoms with van der Waals surface area (Å²) in [7, 11) is -0.205. The van der Waals surface area contributed by atoms with Crippen molar-refractivity contribution in [3.05, 3.63) is 56.8 Å². The highest BCUT2D eigenvalue weighted by atomic mass is 32.2. The van der Waals surface area contributed by atoms with Gasteiger partial charge in [0, 0.05) is 55.2 Å². The molecule has 548 valence electrons. The van der Waals surface area contributed by atoms with E-state index in [9.17, 15) is 79.2 Å². The predicted octanol–water partition coefficient (Wildman–Crippen LogP) is -8.85. The van der Waals surface area contributed by atoms with Gasteiger partial charge in [0.15, 0.2) is 24.4 Å². The minimum Gasteiger partial charge on any atom is -0.441 e. The molecule has 0 aromatic carbocycles. The third kappa shape index (κ3) is 21.8. The molecule has 9 amide bonds. The number of aromatic amines is 1. The average molecular weight is 1460 g/mol. The number of H-pyrrole nitrogens is 1. The van der Waals surface area contributed by atoms with E-state index in [1.165, 1.54) is 50.4 Å². The van der Waals surface area contributed by atoms with E-state index in [-0.39, 0.29) is 76.6 Å². The number of nitrogens with zero attached hydrogens (tertiary/aromatic N) is 5. The van der Waals surface area contributed by atoms with Crippen molar-refractivity contribution >= 4 is 92.7 Å². The van der Waals surface area contributed by atoms with Crippen molar-refractivity contribution in [1.29, 1.82) is 0 Å². The molecule has 2 aliphatic heterocycles. The molecule has 2 fully saturated rings. The van der Waals surface area contributed by atoms with Crippen LogP contribution in [0.5, 0.6) is 0 Å². The zero-order valence-electron chi connectivity index (χ0n) is 54.1. The van der Waals surface area contributed by atoms with E-state index in [2.05, 4.69) is 61.8 Å². The Balaban J connectivity index is 1.24. The molecule has 0 aliphatic carbocycles. The van der Waals surface area contributed by atoms with Crippen molar-refractivity contribution in [2.75, 3.05) is 56.3 Å². The Kier molecular flexibility index (Phi) is 30.0. The Labute approximate surface area is 575 Å². The highest BCUT2D eigenvalue weighted by Gasteiger charge is 2.54. The van der Waals surface area contributed by atoms with Crippen LogP contribution in [-0.4, -0.2) is 273 Å². The Morgan fingerprint density at radius 3 is 2.08 bits per heavy atom. The summed E-state index contributed by atoms with van der Waals surface area (Å²) in [6.45, 7) is 2.95. The van der Waals surface area contributed by atoms with Crippen LogP contribution in [0.1, 0.15) is 88.8 Å². The molecule has 6 heterocycles. The summed E-state index contributed by atoms with van der Waals surface area (Å²) in [5.41, 5.74) is 33.2. The molecule has 99 heavy (non-hydrogen) atoms. The summed E-state index contributed by atoms with van der Waals surface area (Å²) < 4.78 is 28.7. The lowest BCUT2D eigenvalue weighted by molar-refractivity contribution is -0.372. The third-order valence-electron chi connectivity index (χ3n) is 15.6. The number of aliphatic hydroxyl groups excluding tert-OH is 8. The second kappa shape index (κ2) is 37.0. The number of thiazole rings is 2. The van der Waals surface area contributed by atoms with Gasteiger partial charge < -0.3 is 136 Å². The zero-order chi connectivity index (χ0) is 73.3. The molecule has 0 radical (unpaired) electrons. The lowest BCUT2D eigenvalue weighted by atomic mass is 9.96. The molecule has 40 nitrogen and oxygen atoms in total. The predicted molar refractivity (Wildman–Crippen MR) is 347 cm³/mol. The number of imidazole rings is 1. The second-order valence-corrected chi connectivity index (χ2v) is 27.3. The first-order valence-corrected chi connectivity index (χ1v) is 34.3. The van der Waals surface area contributed by atoms with Crippen molar-refractivity contribution in [2.45, 2.75) is 157 Å². The van der Waals surface area contributed by atoms with Gasteiger partial charge in [0.05, 0.1) is 78.9 Å². The number of hydrogen-bond acceptors (Lipinski definition) is 32. The number of nitrogen functional groups attached to an aromatic ring is 1. The van der Waals surface area contributed by atoms with Crippen LogP contribution in [-0.2, 0) is 69.8 Å². The van der Waals surface area contributed by atoms with Gasteiger partial charge in [0.25, 0.3) is 17.7 Å². The number of aromatic nitrogens is 6. The normalized spacial score (nSPS) is 23.9. The number of hydrogen-bond donors (Lipinski definition) is 21. The number of nitrogens with two attached hydrogens (primary N) is 6. The molecule has 4 aromatic rings. The minimum atomic E-state index is -2.21. The fraction of sp³-hybridized carbons (Fsp3) is 0.607. The smallest absolute Gasteiger partial charge is 0.404 e. The first-order chi connectivity index (χ1) is 46.7. The molecular weight excluding hydrogens is 1370 g/mol. The van der Waals surface area contributed by atoms with E-state index in [4.69, 9.17) is 58.1 Å². The molecule has 27 N–H and O–H groups in total. The number of ether oxygens (including phenoxy) is 5. The Morgan fingerprint density at radius 1 is 0.768 bits per heavy atom. The average Bonchev–Trinajstić information content (AvgIpc) is 1.50. The van der Waals surface area contributed by atoms with Crippen LogP contribution in [0.25, 0.3) is 10.7 Å². The van der Waals surface area contributed by atoms with Crippen LogP contribution in [0.2, 0.25) is 0 Å². The van der Waals surface area contributed by atoms with Gasteiger partial charge in [-0.1, -0.05) is 6.92 Å². The van der Waals surface area contributed by atoms with Gasteiger partial charge in [0.2, 0.25) is 29.5 Å². The lowest BCUT2D eigenvalue weighted by Crippen LogP contribution is -2.65. The SMILES string of the molecule is Cc1c(N)nc(C(CC(N)=O)NCC(N)C(N)=O)nc1C(=O)NC(C(=O)NC(C)C(O)C(C)C(=O)NC(C(=O)NCCc1nc(-c2nc(C(=O)NCCC[S+](C)CC(N)=O)cs2)cs1)C(C)O)C(O[C@@H]1O[C@H](CO)[C@H](O)[C@@H](O)[C@@H]1O[C@H]1O[C@@H](CO)[C@@H](O)[C@H](OC(N)=O)[C@H]1O)c1cnc[nH]1. The van der Waals surface area contributed by atoms with Crippen LogP contribution in [0.4, 0.5) is 10.6 Å². The quantitative estimate of drug-likeness (QED) is 0.0147. The maximum atomic E-state index is 15.2. The molecule has 2 saturated heterocycles. The van der Waals surface area contributed by atoms with Crippen molar-refractivity contribution in [3.8, 4) is 10.7 Å². The molecular formula is C56H85N18O22S3+. The molecule has 10 unspecified atom stereocenters. The monoisotopic (exact) mass is 1460 g/mol. The molecule has 20 atom stereocenters. The van der Waals surface area contributed by atoms with Gasteiger partial charge in [-0.2, -0.15) is 0 Å². The fourth-order valence-electron chi connectivity index (χ4n) is 10.1. The summed E-state index contributed by atoms with van der Waals surface area (Å²) >= 11 is 2.45. The van der Waals surface area contributed by atoms with Crippen molar-refractivity contribution in [2.24, 2.45) is 34.6 Å². The van der Waals surface area contributed by atoms with Crippen LogP contribution in [0, 0.1) is 12.8 Å². The summed E-state index contributed by atoms with van der Waals surface area (Å²) in [6.07, 6.45) is -22.7. The number of primary amides is 4. The summed E-state index contributed by atoms with van der Waals surface area (Å²) in [6, 6.07) is -7.90. The van der Waals surface area contributed by atoms with E-state index in [1.807, 2.05) is 6.26 Å². The van der Waals surface area contributed by atoms with Crippen molar-refractivity contribution < 1.29 is 108 Å². The van der Waals surface area contributed by atoms with Gasteiger partial charge in [-0.05, 0) is 31.7 Å². The van der Waals surface area contributed by atoms with Crippen molar-refractivity contribution in [3.63, 3.8) is 0 Å². The summed E-state index contributed by atoms with van der Waals surface area (Å²) in [4.78, 5) is 142. The first kappa shape index (κ1) is 80.1. The van der Waals surface area contributed by atoms with Crippen molar-refractivity contribution in [1.82, 2.24) is 61.8 Å². The second-order valence-electron chi connectivity index (χ2n) is 23.2.